The van der Waals surface area contributed by atoms with Gasteiger partial charge in [-0.1, -0.05) is 126 Å². The molecule has 0 heterocycles. The normalized spacial score (nSPS) is 5.40. The maximum absolute atomic E-state index is 8.63. The van der Waals surface area contributed by atoms with Crippen molar-refractivity contribution >= 4 is 0 Å². The van der Waals surface area contributed by atoms with Gasteiger partial charge in [0.2, 0.25) is 0 Å². The summed E-state index contributed by atoms with van der Waals surface area (Å²) < 4.78 is 0. The minimum Gasteiger partial charge on any atom is -0.508 e. The van der Waals surface area contributed by atoms with E-state index in [4.69, 9.17) is 15.3 Å². The first-order chi connectivity index (χ1) is 16.2. The smallest absolute Gasteiger partial charge is 0.115 e. The van der Waals surface area contributed by atoms with E-state index in [1.54, 1.807) is 93.6 Å². The van der Waals surface area contributed by atoms with Crippen molar-refractivity contribution in [3.8, 4) is 17.2 Å². The summed E-state index contributed by atoms with van der Waals surface area (Å²) >= 11 is 0. The molecule has 0 unspecified atom stereocenters. The molecule has 3 nitrogen and oxygen atoms in total. The molecule has 0 bridgehead atoms. The Bertz CT molecular complexity index is 506. The van der Waals surface area contributed by atoms with E-state index in [9.17, 15) is 0 Å². The van der Waals surface area contributed by atoms with Crippen LogP contribution < -0.4 is 0 Å². The minimum absolute atomic E-state index is 0. The Kier molecular flexibility index (Phi) is 205. The Hall–Kier alpha value is -0.732. The van der Waals surface area contributed by atoms with Crippen molar-refractivity contribution in [2.24, 2.45) is 0 Å². The van der Waals surface area contributed by atoms with Crippen LogP contribution in [-0.2, 0) is 65.4 Å². The topological polar surface area (TPSA) is 60.7 Å². The number of rotatable bonds is 0. The Morgan fingerprint density at radius 2 is 0.450 bits per heavy atom. The summed E-state index contributed by atoms with van der Waals surface area (Å²) in [6, 6.07) is 26.1. The Labute approximate surface area is 306 Å². The second-order valence-electron chi connectivity index (χ2n) is 4.01. The summed E-state index contributed by atoms with van der Waals surface area (Å²) in [7, 11) is 0. The molecule has 0 saturated carbocycles. The van der Waals surface area contributed by atoms with Crippen molar-refractivity contribution in [2.75, 3.05) is 0 Å². The zero-order valence-electron chi connectivity index (χ0n) is 24.8. The Morgan fingerprint density at radius 1 is 0.350 bits per heavy atom. The fourth-order valence-electron chi connectivity index (χ4n) is 1.28. The zero-order chi connectivity index (χ0) is 27.3. The molecule has 0 aliphatic carbocycles. The molecule has 0 atom stereocenters. The number of hydrogen-bond donors (Lipinski definition) is 3. The molecule has 3 rings (SSSR count). The van der Waals surface area contributed by atoms with E-state index in [2.05, 4.69) is 20.8 Å². The largest absolute Gasteiger partial charge is 0.508 e. The van der Waals surface area contributed by atoms with Crippen LogP contribution in [0.5, 0.6) is 17.2 Å². The van der Waals surface area contributed by atoms with E-state index in [1.165, 1.54) is 0 Å². The quantitative estimate of drug-likeness (QED) is 0.203. The first-order valence-corrected chi connectivity index (χ1v) is 11.5. The van der Waals surface area contributed by atoms with E-state index < -0.39 is 0 Å². The van der Waals surface area contributed by atoms with Gasteiger partial charge in [-0.25, -0.2) is 0 Å². The molecule has 5 heteroatoms. The van der Waals surface area contributed by atoms with Crippen molar-refractivity contribution in [3.63, 3.8) is 0 Å². The first-order valence-electron chi connectivity index (χ1n) is 11.5. The van der Waals surface area contributed by atoms with Gasteiger partial charge < -0.3 is 43.5 Å². The van der Waals surface area contributed by atoms with Crippen LogP contribution >= 0.6 is 0 Å². The summed E-state index contributed by atoms with van der Waals surface area (Å²) in [5.41, 5.74) is 0. The van der Waals surface area contributed by atoms with Crippen LogP contribution in [0.4, 0.5) is 0 Å². The zero-order valence-corrected chi connectivity index (χ0v) is 30.5. The number of para-hydroxylation sites is 3. The number of phenols is 3. The summed E-state index contributed by atoms with van der Waals surface area (Å²) in [5.74, 6) is 0.965. The van der Waals surface area contributed by atoms with Crippen molar-refractivity contribution in [1.82, 2.24) is 0 Å². The first kappa shape index (κ1) is 83.3. The van der Waals surface area contributed by atoms with Crippen LogP contribution in [0.3, 0.4) is 0 Å². The van der Waals surface area contributed by atoms with Crippen molar-refractivity contribution in [1.29, 1.82) is 0 Å². The van der Waals surface area contributed by atoms with Gasteiger partial charge in [0, 0.05) is 65.4 Å². The second-order valence-corrected chi connectivity index (χ2v) is 4.01. The average Bonchev–Trinajstić information content (AvgIpc) is 2.93. The standard InChI is InChI=1S/3C6H6O.3C2H6.3C2H5.4CH4.CH3.2Y/c3*7-6-4-2-1-3-5-6;6*1-2;;;;;;;/h3*1-5,7H;3*1-2H3;3*1H2,2H3;4*1H4;1H3;;/q;;;;;;3*-1;;;;;-1;;. The van der Waals surface area contributed by atoms with Gasteiger partial charge in [0.05, 0.1) is 0 Å². The van der Waals surface area contributed by atoms with Crippen molar-refractivity contribution in [2.45, 2.75) is 92.0 Å². The predicted molar refractivity (Wildman–Crippen MR) is 185 cm³/mol. The Balaban J connectivity index is -0.0000000195. The Morgan fingerprint density at radius 3 is 0.500 bits per heavy atom. The molecular formula is C35H70O3Y2-4. The van der Waals surface area contributed by atoms with E-state index in [-0.39, 0.29) is 103 Å². The van der Waals surface area contributed by atoms with E-state index in [1.807, 2.05) is 59.7 Å². The van der Waals surface area contributed by atoms with Gasteiger partial charge in [0.1, 0.15) is 17.2 Å². The van der Waals surface area contributed by atoms with Crippen molar-refractivity contribution in [3.05, 3.63) is 119 Å². The molecule has 0 aliphatic heterocycles. The van der Waals surface area contributed by atoms with Crippen molar-refractivity contribution < 1.29 is 80.7 Å². The van der Waals surface area contributed by atoms with E-state index in [0.29, 0.717) is 17.2 Å². The fraction of sp³-hybridized carbons (Fsp3) is 0.371. The van der Waals surface area contributed by atoms with Gasteiger partial charge in [-0.3, -0.25) is 0 Å². The van der Waals surface area contributed by atoms with Crippen LogP contribution in [0.15, 0.2) is 91.0 Å². The average molecular weight is 717 g/mol. The molecule has 0 aliphatic rings. The molecule has 3 aromatic carbocycles. The van der Waals surface area contributed by atoms with Crippen LogP contribution in [0.1, 0.15) is 92.0 Å². The molecule has 3 N–H and O–H groups in total. The molecule has 40 heavy (non-hydrogen) atoms. The van der Waals surface area contributed by atoms with Crippen LogP contribution in [0.2, 0.25) is 0 Å². The third kappa shape index (κ3) is 90.5. The van der Waals surface area contributed by atoms with Gasteiger partial charge in [-0.05, 0) is 36.4 Å². The summed E-state index contributed by atoms with van der Waals surface area (Å²) in [5, 5.41) is 25.9. The second kappa shape index (κ2) is 98.2. The molecule has 0 spiro atoms. The van der Waals surface area contributed by atoms with E-state index >= 15 is 0 Å². The molecule has 0 fully saturated rings. The maximum Gasteiger partial charge on any atom is 0.115 e. The molecule has 3 aromatic rings. The monoisotopic (exact) mass is 716 g/mol. The summed E-state index contributed by atoms with van der Waals surface area (Å²) in [6.45, 7) is 27.0. The number of benzene rings is 3. The molecule has 238 valence electrons. The minimum atomic E-state index is 0. The third-order valence-corrected chi connectivity index (χ3v) is 2.27. The van der Waals surface area contributed by atoms with Gasteiger partial charge >= 0.3 is 0 Å². The molecular weight excluding hydrogens is 646 g/mol. The molecule has 0 amide bonds. The predicted octanol–water partition coefficient (Wildman–Crippen LogP) is 12.8. The SMILES string of the molecule is C.C.C.C.CC.CC.CC.Oc1ccccc1.Oc1ccccc1.Oc1ccccc1.[CH2-]C.[CH2-]C.[CH2-]C.[CH3-].[Y].[Y]. The molecule has 0 aromatic heterocycles. The molecule has 2 radical (unpaired) electrons. The third-order valence-electron chi connectivity index (χ3n) is 2.27. The van der Waals surface area contributed by atoms with Gasteiger partial charge in [-0.15, -0.1) is 0 Å². The van der Waals surface area contributed by atoms with E-state index in [0.717, 1.165) is 0 Å². The van der Waals surface area contributed by atoms with Crippen LogP contribution in [0, 0.1) is 28.2 Å². The summed E-state index contributed by atoms with van der Waals surface area (Å²) in [4.78, 5) is 0. The fourth-order valence-corrected chi connectivity index (χ4v) is 1.28. The van der Waals surface area contributed by atoms with Crippen LogP contribution in [-0.4, -0.2) is 15.3 Å². The maximum atomic E-state index is 8.63. The number of aromatic hydroxyl groups is 3. The van der Waals surface area contributed by atoms with Gasteiger partial charge in [0.25, 0.3) is 0 Å². The number of phenolic OH excluding ortho intramolecular Hbond substituents is 3. The van der Waals surface area contributed by atoms with Gasteiger partial charge in [0.15, 0.2) is 0 Å². The summed E-state index contributed by atoms with van der Waals surface area (Å²) in [6.07, 6.45) is 0. The van der Waals surface area contributed by atoms with Gasteiger partial charge in [-0.2, -0.15) is 20.8 Å². The number of hydrogen-bond acceptors (Lipinski definition) is 3. The molecule has 0 saturated heterocycles. The van der Waals surface area contributed by atoms with Crippen LogP contribution in [0.25, 0.3) is 0 Å².